The maximum absolute atomic E-state index is 11.0. The molecule has 1 fully saturated rings. The van der Waals surface area contributed by atoms with Gasteiger partial charge in [0.25, 0.3) is 0 Å². The molecule has 1 heterocycles. The number of carboxylic acid groups (broad SMARTS) is 1. The normalized spacial score (nSPS) is 25.8. The molecular weight excluding hydrogens is 206 g/mol. The van der Waals surface area contributed by atoms with Gasteiger partial charge in [0.05, 0.1) is 0 Å². The average Bonchev–Trinajstić information content (AvgIpc) is 2.60. The van der Waals surface area contributed by atoms with Gasteiger partial charge in [-0.2, -0.15) is 0 Å². The van der Waals surface area contributed by atoms with Gasteiger partial charge in [0, 0.05) is 6.54 Å². The fourth-order valence-corrected chi connectivity index (χ4v) is 2.31. The van der Waals surface area contributed by atoms with Gasteiger partial charge in [-0.15, -0.1) is 0 Å². The third-order valence-corrected chi connectivity index (χ3v) is 3.17. The average molecular weight is 221 g/mol. The second kappa shape index (κ2) is 4.14. The SMILES string of the molecule is CN1CC(c2cccc(O)c2)CC1C(=O)O. The highest BCUT2D eigenvalue weighted by atomic mass is 16.4. The minimum absolute atomic E-state index is 0.193. The lowest BCUT2D eigenvalue weighted by atomic mass is 9.96. The molecular formula is C12H15NO3. The van der Waals surface area contributed by atoms with Gasteiger partial charge in [0.2, 0.25) is 0 Å². The first-order chi connectivity index (χ1) is 7.58. The van der Waals surface area contributed by atoms with Crippen molar-refractivity contribution in [3.63, 3.8) is 0 Å². The van der Waals surface area contributed by atoms with Crippen molar-refractivity contribution >= 4 is 5.97 Å². The quantitative estimate of drug-likeness (QED) is 0.789. The molecule has 1 saturated heterocycles. The minimum atomic E-state index is -0.773. The van der Waals surface area contributed by atoms with E-state index in [1.807, 2.05) is 18.0 Å². The second-order valence-electron chi connectivity index (χ2n) is 4.32. The van der Waals surface area contributed by atoms with Crippen LogP contribution in [0.1, 0.15) is 17.9 Å². The monoisotopic (exact) mass is 221 g/mol. The molecule has 0 saturated carbocycles. The molecule has 1 aromatic carbocycles. The van der Waals surface area contributed by atoms with E-state index in [9.17, 15) is 9.90 Å². The lowest BCUT2D eigenvalue weighted by molar-refractivity contribution is -0.141. The van der Waals surface area contributed by atoms with Gasteiger partial charge in [-0.05, 0) is 37.1 Å². The van der Waals surface area contributed by atoms with E-state index in [0.717, 1.165) is 12.1 Å². The topological polar surface area (TPSA) is 60.8 Å². The van der Waals surface area contributed by atoms with E-state index < -0.39 is 12.0 Å². The van der Waals surface area contributed by atoms with Crippen LogP contribution in [0, 0.1) is 0 Å². The molecule has 0 bridgehead atoms. The molecule has 0 amide bonds. The summed E-state index contributed by atoms with van der Waals surface area (Å²) in [5.74, 6) is -0.345. The summed E-state index contributed by atoms with van der Waals surface area (Å²) in [5.41, 5.74) is 1.01. The van der Waals surface area contributed by atoms with Crippen LogP contribution >= 0.6 is 0 Å². The largest absolute Gasteiger partial charge is 0.508 e. The first kappa shape index (κ1) is 11.0. The Kier molecular flexibility index (Phi) is 2.83. The van der Waals surface area contributed by atoms with E-state index in [2.05, 4.69) is 0 Å². The number of hydrogen-bond donors (Lipinski definition) is 2. The zero-order valence-electron chi connectivity index (χ0n) is 9.13. The number of aliphatic carboxylic acids is 1. The van der Waals surface area contributed by atoms with Gasteiger partial charge in [-0.25, -0.2) is 0 Å². The molecule has 0 radical (unpaired) electrons. The van der Waals surface area contributed by atoms with Crippen LogP contribution in [0.25, 0.3) is 0 Å². The lowest BCUT2D eigenvalue weighted by Gasteiger charge is -2.13. The molecule has 16 heavy (non-hydrogen) atoms. The first-order valence-corrected chi connectivity index (χ1v) is 5.30. The van der Waals surface area contributed by atoms with Crippen LogP contribution in [0.4, 0.5) is 0 Å². The van der Waals surface area contributed by atoms with E-state index in [1.54, 1.807) is 18.2 Å². The molecule has 0 aromatic heterocycles. The van der Waals surface area contributed by atoms with Crippen molar-refractivity contribution in [1.82, 2.24) is 4.90 Å². The number of phenolic OH excluding ortho intramolecular Hbond substituents is 1. The smallest absolute Gasteiger partial charge is 0.320 e. The number of carboxylic acids is 1. The highest BCUT2D eigenvalue weighted by Gasteiger charge is 2.34. The van der Waals surface area contributed by atoms with Crippen molar-refractivity contribution in [1.29, 1.82) is 0 Å². The van der Waals surface area contributed by atoms with Gasteiger partial charge in [-0.1, -0.05) is 12.1 Å². The molecule has 4 heteroatoms. The number of likely N-dealkylation sites (tertiary alicyclic amines) is 1. The molecule has 0 spiro atoms. The predicted molar refractivity (Wildman–Crippen MR) is 59.5 cm³/mol. The maximum atomic E-state index is 11.0. The number of hydrogen-bond acceptors (Lipinski definition) is 3. The Balaban J connectivity index is 2.16. The summed E-state index contributed by atoms with van der Waals surface area (Å²) in [6, 6.07) is 6.65. The Labute approximate surface area is 94.1 Å². The molecule has 2 unspecified atom stereocenters. The van der Waals surface area contributed by atoms with Crippen LogP contribution in [-0.4, -0.2) is 40.7 Å². The van der Waals surface area contributed by atoms with E-state index in [1.165, 1.54) is 0 Å². The Morgan fingerprint density at radius 2 is 2.25 bits per heavy atom. The summed E-state index contributed by atoms with van der Waals surface area (Å²) in [5, 5.41) is 18.4. The number of phenols is 1. The first-order valence-electron chi connectivity index (χ1n) is 5.30. The van der Waals surface area contributed by atoms with Gasteiger partial charge in [0.1, 0.15) is 11.8 Å². The van der Waals surface area contributed by atoms with Crippen molar-refractivity contribution in [3.05, 3.63) is 29.8 Å². The number of nitrogens with zero attached hydrogens (tertiary/aromatic N) is 1. The van der Waals surface area contributed by atoms with Crippen LogP contribution in [0.5, 0.6) is 5.75 Å². The molecule has 1 aliphatic rings. The van der Waals surface area contributed by atoms with E-state index in [0.29, 0.717) is 6.42 Å². The van der Waals surface area contributed by atoms with Gasteiger partial charge < -0.3 is 10.2 Å². The maximum Gasteiger partial charge on any atom is 0.320 e. The Morgan fingerprint density at radius 1 is 1.50 bits per heavy atom. The van der Waals surface area contributed by atoms with Crippen molar-refractivity contribution < 1.29 is 15.0 Å². The molecule has 1 aliphatic heterocycles. The Morgan fingerprint density at radius 3 is 2.81 bits per heavy atom. The van der Waals surface area contributed by atoms with Crippen LogP contribution < -0.4 is 0 Å². The van der Waals surface area contributed by atoms with Crippen LogP contribution in [0.15, 0.2) is 24.3 Å². The Hall–Kier alpha value is -1.55. The van der Waals surface area contributed by atoms with Gasteiger partial charge in [-0.3, -0.25) is 9.69 Å². The molecule has 2 N–H and O–H groups in total. The minimum Gasteiger partial charge on any atom is -0.508 e. The number of benzene rings is 1. The zero-order valence-corrected chi connectivity index (χ0v) is 9.13. The fourth-order valence-electron chi connectivity index (χ4n) is 2.31. The van der Waals surface area contributed by atoms with E-state index in [4.69, 9.17) is 5.11 Å². The third kappa shape index (κ3) is 2.02. The van der Waals surface area contributed by atoms with Gasteiger partial charge >= 0.3 is 5.97 Å². The molecule has 2 atom stereocenters. The summed E-state index contributed by atoms with van der Waals surface area (Å²) in [4.78, 5) is 12.8. The second-order valence-corrected chi connectivity index (χ2v) is 4.32. The van der Waals surface area contributed by atoms with Crippen LogP contribution in [0.2, 0.25) is 0 Å². The number of carbonyl (C=O) groups is 1. The van der Waals surface area contributed by atoms with E-state index in [-0.39, 0.29) is 11.7 Å². The number of rotatable bonds is 2. The molecule has 86 valence electrons. The summed E-state index contributed by atoms with van der Waals surface area (Å²) in [6.07, 6.45) is 0.606. The van der Waals surface area contributed by atoms with Crippen molar-refractivity contribution in [2.45, 2.75) is 18.4 Å². The highest BCUT2D eigenvalue weighted by molar-refractivity contribution is 5.74. The predicted octanol–water partition coefficient (Wildman–Crippen LogP) is 1.26. The zero-order chi connectivity index (χ0) is 11.7. The van der Waals surface area contributed by atoms with E-state index >= 15 is 0 Å². The number of likely N-dealkylation sites (N-methyl/N-ethyl adjacent to an activating group) is 1. The Bertz CT molecular complexity index is 405. The summed E-state index contributed by atoms with van der Waals surface area (Å²) >= 11 is 0. The summed E-state index contributed by atoms with van der Waals surface area (Å²) < 4.78 is 0. The fraction of sp³-hybridized carbons (Fsp3) is 0.417. The standard InChI is InChI=1S/C12H15NO3/c1-13-7-9(6-11(13)12(15)16)8-3-2-4-10(14)5-8/h2-5,9,11,14H,6-7H2,1H3,(H,15,16). The molecule has 0 aliphatic carbocycles. The number of aromatic hydroxyl groups is 1. The van der Waals surface area contributed by atoms with Crippen molar-refractivity contribution in [3.8, 4) is 5.75 Å². The summed E-state index contributed by atoms with van der Waals surface area (Å²) in [6.45, 7) is 0.723. The third-order valence-electron chi connectivity index (χ3n) is 3.17. The molecule has 2 rings (SSSR count). The lowest BCUT2D eigenvalue weighted by Crippen LogP contribution is -2.32. The highest BCUT2D eigenvalue weighted by Crippen LogP contribution is 2.32. The van der Waals surface area contributed by atoms with Crippen molar-refractivity contribution in [2.24, 2.45) is 0 Å². The summed E-state index contributed by atoms with van der Waals surface area (Å²) in [7, 11) is 1.82. The van der Waals surface area contributed by atoms with Crippen molar-refractivity contribution in [2.75, 3.05) is 13.6 Å². The molecule has 1 aromatic rings. The molecule has 4 nitrogen and oxygen atoms in total. The van der Waals surface area contributed by atoms with Crippen LogP contribution in [0.3, 0.4) is 0 Å². The van der Waals surface area contributed by atoms with Crippen LogP contribution in [-0.2, 0) is 4.79 Å². The van der Waals surface area contributed by atoms with Gasteiger partial charge in [0.15, 0.2) is 0 Å².